The zero-order chi connectivity index (χ0) is 22.0. The van der Waals surface area contributed by atoms with Crippen molar-refractivity contribution in [2.75, 3.05) is 6.61 Å². The molecule has 7 nitrogen and oxygen atoms in total. The Morgan fingerprint density at radius 2 is 1.77 bits per heavy atom. The predicted molar refractivity (Wildman–Crippen MR) is 113 cm³/mol. The van der Waals surface area contributed by atoms with E-state index in [1.165, 1.54) is 0 Å². The van der Waals surface area contributed by atoms with Crippen molar-refractivity contribution in [3.05, 3.63) is 65.5 Å². The van der Waals surface area contributed by atoms with Crippen molar-refractivity contribution in [3.63, 3.8) is 0 Å². The van der Waals surface area contributed by atoms with Crippen LogP contribution < -0.4 is 5.32 Å². The van der Waals surface area contributed by atoms with Crippen LogP contribution in [-0.2, 0) is 33.9 Å². The van der Waals surface area contributed by atoms with Gasteiger partial charge in [-0.15, -0.1) is 0 Å². The van der Waals surface area contributed by atoms with E-state index in [2.05, 4.69) is 10.3 Å². The van der Waals surface area contributed by atoms with Gasteiger partial charge < -0.3 is 19.9 Å². The molecular weight excluding hydrogens is 384 g/mol. The maximum Gasteiger partial charge on any atom is 0.408 e. The first-order chi connectivity index (χ1) is 14.3. The minimum absolute atomic E-state index is 0.0388. The lowest BCUT2D eigenvalue weighted by Gasteiger charge is -2.23. The summed E-state index contributed by atoms with van der Waals surface area (Å²) in [5.41, 5.74) is 1.56. The third-order valence-corrected chi connectivity index (χ3v) is 4.13. The molecule has 0 aliphatic rings. The second-order valence-corrected chi connectivity index (χ2v) is 7.94. The molecule has 1 atom stereocenters. The molecule has 0 radical (unpaired) electrons. The average Bonchev–Trinajstić information content (AvgIpc) is 2.71. The number of Topliss-reactive ketones (excluding diaryl/α,β-unsaturated/α-hetero) is 1. The first-order valence-corrected chi connectivity index (χ1v) is 9.96. The predicted octanol–water partition coefficient (Wildman–Crippen LogP) is 3.19. The van der Waals surface area contributed by atoms with Crippen molar-refractivity contribution >= 4 is 11.9 Å². The number of aliphatic hydroxyl groups is 1. The highest BCUT2D eigenvalue weighted by molar-refractivity contribution is 5.87. The molecule has 0 aliphatic carbocycles. The highest BCUT2D eigenvalue weighted by atomic mass is 16.6. The number of hydrogen-bond donors (Lipinski definition) is 2. The minimum atomic E-state index is -0.829. The molecule has 1 heterocycles. The Morgan fingerprint density at radius 1 is 1.07 bits per heavy atom. The molecule has 162 valence electrons. The van der Waals surface area contributed by atoms with Gasteiger partial charge in [-0.2, -0.15) is 0 Å². The Kier molecular flexibility index (Phi) is 8.95. The van der Waals surface area contributed by atoms with Crippen LogP contribution in [0.1, 0.15) is 44.1 Å². The fourth-order valence-corrected chi connectivity index (χ4v) is 2.72. The van der Waals surface area contributed by atoms with Crippen LogP contribution in [0.2, 0.25) is 0 Å². The Morgan fingerprint density at radius 3 is 2.43 bits per heavy atom. The summed E-state index contributed by atoms with van der Waals surface area (Å²) < 4.78 is 11.0. The smallest absolute Gasteiger partial charge is 0.408 e. The van der Waals surface area contributed by atoms with E-state index in [1.54, 1.807) is 39.0 Å². The van der Waals surface area contributed by atoms with E-state index in [0.29, 0.717) is 24.4 Å². The van der Waals surface area contributed by atoms with Crippen molar-refractivity contribution in [2.24, 2.45) is 0 Å². The van der Waals surface area contributed by atoms with Crippen LogP contribution in [0.15, 0.2) is 48.5 Å². The van der Waals surface area contributed by atoms with Crippen LogP contribution in [0.25, 0.3) is 0 Å². The highest BCUT2D eigenvalue weighted by Gasteiger charge is 2.24. The summed E-state index contributed by atoms with van der Waals surface area (Å²) in [4.78, 5) is 29.3. The molecule has 0 fully saturated rings. The zero-order valence-corrected chi connectivity index (χ0v) is 17.8. The Balaban J connectivity index is 1.96. The number of ether oxygens (including phenoxy) is 2. The van der Waals surface area contributed by atoms with Gasteiger partial charge in [0.1, 0.15) is 11.6 Å². The van der Waals surface area contributed by atoms with E-state index in [9.17, 15) is 14.7 Å². The van der Waals surface area contributed by atoms with Crippen molar-refractivity contribution in [1.29, 1.82) is 0 Å². The molecule has 0 bridgehead atoms. The number of carbonyl (C=O) groups excluding carboxylic acids is 2. The third kappa shape index (κ3) is 8.71. The number of benzene rings is 1. The largest absolute Gasteiger partial charge is 0.444 e. The summed E-state index contributed by atoms with van der Waals surface area (Å²) in [5, 5.41) is 11.8. The maximum atomic E-state index is 12.8. The fraction of sp³-hybridized carbons (Fsp3) is 0.435. The summed E-state index contributed by atoms with van der Waals surface area (Å²) >= 11 is 0. The molecule has 1 aromatic carbocycles. The summed E-state index contributed by atoms with van der Waals surface area (Å²) in [6.45, 7) is 5.50. The standard InChI is InChI=1S/C23H30N2O5/c1-23(2,3)30-22(28)25-20(16-29-15-17-8-5-4-6-9-17)21(27)13-12-18-10-7-11-19(14-26)24-18/h4-11,20,26H,12-16H2,1-3H3,(H,25,28). The molecule has 30 heavy (non-hydrogen) atoms. The molecule has 7 heteroatoms. The quantitative estimate of drug-likeness (QED) is 0.620. The van der Waals surface area contributed by atoms with Crippen LogP contribution in [0.3, 0.4) is 0 Å². The van der Waals surface area contributed by atoms with Gasteiger partial charge in [0.05, 0.1) is 25.5 Å². The zero-order valence-electron chi connectivity index (χ0n) is 17.8. The van der Waals surface area contributed by atoms with Crippen LogP contribution in [-0.4, -0.2) is 40.2 Å². The number of hydrogen-bond acceptors (Lipinski definition) is 6. The Hall–Kier alpha value is -2.77. The monoisotopic (exact) mass is 414 g/mol. The topological polar surface area (TPSA) is 97.8 Å². The normalized spacial score (nSPS) is 12.3. The number of nitrogens with zero attached hydrogens (tertiary/aromatic N) is 1. The van der Waals surface area contributed by atoms with Crippen molar-refractivity contribution in [3.8, 4) is 0 Å². The van der Waals surface area contributed by atoms with Crippen LogP contribution in [0, 0.1) is 0 Å². The molecule has 0 saturated carbocycles. The molecule has 1 aromatic heterocycles. The Labute approximate surface area is 177 Å². The van der Waals surface area contributed by atoms with Crippen molar-refractivity contribution < 1.29 is 24.2 Å². The molecular formula is C23H30N2O5. The number of rotatable bonds is 10. The highest BCUT2D eigenvalue weighted by Crippen LogP contribution is 2.09. The van der Waals surface area contributed by atoms with Crippen LogP contribution >= 0.6 is 0 Å². The van der Waals surface area contributed by atoms with Gasteiger partial charge in [-0.3, -0.25) is 9.78 Å². The number of nitrogens with one attached hydrogen (secondary N) is 1. The van der Waals surface area contributed by atoms with Crippen molar-refractivity contribution in [1.82, 2.24) is 10.3 Å². The molecule has 0 aliphatic heterocycles. The summed E-state index contributed by atoms with van der Waals surface area (Å²) in [7, 11) is 0. The number of ketones is 1. The lowest BCUT2D eigenvalue weighted by Crippen LogP contribution is -2.46. The van der Waals surface area contributed by atoms with E-state index in [4.69, 9.17) is 9.47 Å². The van der Waals surface area contributed by atoms with Crippen molar-refractivity contribution in [2.45, 2.75) is 58.5 Å². The van der Waals surface area contributed by atoms with E-state index >= 15 is 0 Å². The second kappa shape index (κ2) is 11.4. The minimum Gasteiger partial charge on any atom is -0.444 e. The lowest BCUT2D eigenvalue weighted by molar-refractivity contribution is -0.122. The molecule has 1 amide bonds. The molecule has 0 saturated heterocycles. The summed E-state index contributed by atoms with van der Waals surface area (Å²) in [5.74, 6) is -0.176. The number of aromatic nitrogens is 1. The number of aryl methyl sites for hydroxylation is 1. The summed E-state index contributed by atoms with van der Waals surface area (Å²) in [6, 6.07) is 14.1. The van der Waals surface area contributed by atoms with Gasteiger partial charge in [0, 0.05) is 12.1 Å². The molecule has 2 aromatic rings. The number of alkyl carbamates (subject to hydrolysis) is 1. The molecule has 2 rings (SSSR count). The maximum absolute atomic E-state index is 12.8. The van der Waals surface area contributed by atoms with Gasteiger partial charge in [-0.25, -0.2) is 4.79 Å². The summed E-state index contributed by atoms with van der Waals surface area (Å²) in [6.07, 6.45) is -0.0842. The van der Waals surface area contributed by atoms with E-state index in [-0.39, 0.29) is 25.4 Å². The fourth-order valence-electron chi connectivity index (χ4n) is 2.72. The number of aliphatic hydroxyl groups excluding tert-OH is 1. The third-order valence-electron chi connectivity index (χ3n) is 4.13. The van der Waals surface area contributed by atoms with Gasteiger partial charge >= 0.3 is 6.09 Å². The first-order valence-electron chi connectivity index (χ1n) is 9.96. The van der Waals surface area contributed by atoms with E-state index < -0.39 is 17.7 Å². The second-order valence-electron chi connectivity index (χ2n) is 7.94. The number of pyridine rings is 1. The van der Waals surface area contributed by atoms with Gasteiger partial charge in [0.2, 0.25) is 0 Å². The Bertz CT molecular complexity index is 818. The first kappa shape index (κ1) is 23.5. The van der Waals surface area contributed by atoms with E-state index in [1.807, 2.05) is 30.3 Å². The number of carbonyl (C=O) groups is 2. The van der Waals surface area contributed by atoms with Gasteiger partial charge in [-0.1, -0.05) is 36.4 Å². The van der Waals surface area contributed by atoms with Gasteiger partial charge in [-0.05, 0) is 44.9 Å². The SMILES string of the molecule is CC(C)(C)OC(=O)NC(COCc1ccccc1)C(=O)CCc1cccc(CO)n1. The molecule has 1 unspecified atom stereocenters. The van der Waals surface area contributed by atoms with Gasteiger partial charge in [0.25, 0.3) is 0 Å². The average molecular weight is 415 g/mol. The van der Waals surface area contributed by atoms with Gasteiger partial charge in [0.15, 0.2) is 5.78 Å². The van der Waals surface area contributed by atoms with Crippen LogP contribution in [0.4, 0.5) is 4.79 Å². The lowest BCUT2D eigenvalue weighted by atomic mass is 10.1. The van der Waals surface area contributed by atoms with E-state index in [0.717, 1.165) is 5.56 Å². The molecule has 0 spiro atoms. The molecule has 2 N–H and O–H groups in total. The number of amides is 1. The van der Waals surface area contributed by atoms with Crippen LogP contribution in [0.5, 0.6) is 0 Å².